The van der Waals surface area contributed by atoms with Gasteiger partial charge in [-0.3, -0.25) is 9.48 Å². The van der Waals surface area contributed by atoms with Gasteiger partial charge in [-0.15, -0.1) is 0 Å². The number of Topliss-reactive ketones (excluding diaryl/α,β-unsaturated/α-hetero) is 1. The average molecular weight is 325 g/mol. The molecule has 1 heterocycles. The van der Waals surface area contributed by atoms with E-state index in [9.17, 15) is 4.79 Å². The van der Waals surface area contributed by atoms with Crippen LogP contribution in [0.5, 0.6) is 0 Å². The lowest BCUT2D eigenvalue weighted by Gasteiger charge is -2.14. The van der Waals surface area contributed by atoms with Gasteiger partial charge in [-0.05, 0) is 51.0 Å². The van der Waals surface area contributed by atoms with Crippen molar-refractivity contribution in [3.63, 3.8) is 0 Å². The van der Waals surface area contributed by atoms with Gasteiger partial charge in [-0.25, -0.2) is 0 Å². The Labute approximate surface area is 134 Å². The van der Waals surface area contributed by atoms with E-state index in [-0.39, 0.29) is 5.78 Å². The number of benzene rings is 1. The highest BCUT2D eigenvalue weighted by molar-refractivity contribution is 6.36. The van der Waals surface area contributed by atoms with Gasteiger partial charge in [0.1, 0.15) is 6.04 Å². The summed E-state index contributed by atoms with van der Waals surface area (Å²) in [5, 5.41) is 5.39. The fourth-order valence-corrected chi connectivity index (χ4v) is 3.11. The number of rotatable bonds is 4. The van der Waals surface area contributed by atoms with Crippen LogP contribution in [0.4, 0.5) is 0 Å². The lowest BCUT2D eigenvalue weighted by Crippen LogP contribution is -2.19. The summed E-state index contributed by atoms with van der Waals surface area (Å²) in [6.07, 6.45) is 0.903. The summed E-state index contributed by atoms with van der Waals surface area (Å²) in [5.74, 6) is -0.0649. The number of nitrogens with zero attached hydrogens (tertiary/aromatic N) is 2. The third-order valence-corrected chi connectivity index (χ3v) is 4.32. The molecule has 0 radical (unpaired) electrons. The third kappa shape index (κ3) is 2.99. The number of aromatic nitrogens is 2. The predicted octanol–water partition coefficient (Wildman–Crippen LogP) is 4.81. The molecule has 0 bridgehead atoms. The highest BCUT2D eigenvalue weighted by Gasteiger charge is 2.23. The van der Waals surface area contributed by atoms with E-state index in [0.717, 1.165) is 17.8 Å². The van der Waals surface area contributed by atoms with E-state index < -0.39 is 6.04 Å². The highest BCUT2D eigenvalue weighted by atomic mass is 35.5. The maximum Gasteiger partial charge on any atom is 0.188 e. The maximum absolute atomic E-state index is 12.6. The SMILES string of the molecule is CCc1c(C)nn(C(C)C(=O)c2ccc(Cl)cc2Cl)c1C. The minimum atomic E-state index is -0.400. The van der Waals surface area contributed by atoms with E-state index in [4.69, 9.17) is 23.2 Å². The highest BCUT2D eigenvalue weighted by Crippen LogP contribution is 2.26. The summed E-state index contributed by atoms with van der Waals surface area (Å²) >= 11 is 12.0. The number of aryl methyl sites for hydroxylation is 1. The Hall–Kier alpha value is -1.32. The van der Waals surface area contributed by atoms with Crippen molar-refractivity contribution in [2.45, 2.75) is 40.2 Å². The zero-order valence-corrected chi connectivity index (χ0v) is 14.1. The fraction of sp³-hybridized carbons (Fsp3) is 0.375. The molecule has 0 aliphatic heterocycles. The number of halogens is 2. The van der Waals surface area contributed by atoms with E-state index >= 15 is 0 Å². The van der Waals surface area contributed by atoms with E-state index in [0.29, 0.717) is 15.6 Å². The van der Waals surface area contributed by atoms with Gasteiger partial charge in [0.25, 0.3) is 0 Å². The summed E-state index contributed by atoms with van der Waals surface area (Å²) < 4.78 is 1.78. The zero-order chi connectivity index (χ0) is 15.7. The normalized spacial score (nSPS) is 12.5. The Morgan fingerprint density at radius 2 is 2.00 bits per heavy atom. The molecule has 2 rings (SSSR count). The van der Waals surface area contributed by atoms with E-state index in [2.05, 4.69) is 12.0 Å². The van der Waals surface area contributed by atoms with Crippen molar-refractivity contribution in [3.8, 4) is 0 Å². The van der Waals surface area contributed by atoms with E-state index in [1.165, 1.54) is 5.56 Å². The van der Waals surface area contributed by atoms with Crippen LogP contribution in [-0.4, -0.2) is 15.6 Å². The summed E-state index contributed by atoms with van der Waals surface area (Å²) in [6.45, 7) is 7.89. The van der Waals surface area contributed by atoms with Gasteiger partial charge >= 0.3 is 0 Å². The van der Waals surface area contributed by atoms with Crippen molar-refractivity contribution < 1.29 is 4.79 Å². The minimum absolute atomic E-state index is 0.0649. The smallest absolute Gasteiger partial charge is 0.188 e. The lowest BCUT2D eigenvalue weighted by molar-refractivity contribution is 0.0926. The van der Waals surface area contributed by atoms with Crippen LogP contribution in [0.2, 0.25) is 10.0 Å². The van der Waals surface area contributed by atoms with Crippen LogP contribution in [0, 0.1) is 13.8 Å². The Kier molecular flexibility index (Phi) is 4.74. The van der Waals surface area contributed by atoms with Crippen molar-refractivity contribution >= 4 is 29.0 Å². The third-order valence-electron chi connectivity index (χ3n) is 3.77. The second-order valence-corrected chi connectivity index (χ2v) is 5.96. The largest absolute Gasteiger partial charge is 0.292 e. The Balaban J connectivity index is 2.40. The molecule has 1 aromatic heterocycles. The van der Waals surface area contributed by atoms with Crippen molar-refractivity contribution in [2.75, 3.05) is 0 Å². The molecule has 112 valence electrons. The quantitative estimate of drug-likeness (QED) is 0.756. The standard InChI is InChI=1S/C16H18Cl2N2O/c1-5-13-9(2)19-20(10(13)3)11(4)16(21)14-7-6-12(17)8-15(14)18/h6-8,11H,5H2,1-4H3. The van der Waals surface area contributed by atoms with E-state index in [1.54, 1.807) is 22.9 Å². The van der Waals surface area contributed by atoms with Gasteiger partial charge in [0.05, 0.1) is 10.7 Å². The Bertz CT molecular complexity index is 692. The van der Waals surface area contributed by atoms with E-state index in [1.807, 2.05) is 20.8 Å². The number of ketones is 1. The van der Waals surface area contributed by atoms with Crippen LogP contribution in [-0.2, 0) is 6.42 Å². The van der Waals surface area contributed by atoms with Crippen molar-refractivity contribution in [2.24, 2.45) is 0 Å². The predicted molar refractivity (Wildman–Crippen MR) is 86.6 cm³/mol. The monoisotopic (exact) mass is 324 g/mol. The second-order valence-electron chi connectivity index (χ2n) is 5.11. The molecule has 1 unspecified atom stereocenters. The molecule has 0 aliphatic carbocycles. The molecule has 0 spiro atoms. The second kappa shape index (κ2) is 6.20. The molecule has 0 saturated carbocycles. The molecule has 3 nitrogen and oxygen atoms in total. The first-order valence-corrected chi connectivity index (χ1v) is 7.66. The summed E-state index contributed by atoms with van der Waals surface area (Å²) in [5.41, 5.74) is 3.66. The molecule has 0 saturated heterocycles. The van der Waals surface area contributed by atoms with Crippen LogP contribution in [0.1, 0.15) is 47.2 Å². The number of carbonyl (C=O) groups excluding carboxylic acids is 1. The number of carbonyl (C=O) groups is 1. The molecule has 5 heteroatoms. The molecule has 2 aromatic rings. The van der Waals surface area contributed by atoms with Gasteiger partial charge in [0, 0.05) is 16.3 Å². The van der Waals surface area contributed by atoms with Crippen LogP contribution in [0.3, 0.4) is 0 Å². The molecular formula is C16H18Cl2N2O. The first-order valence-electron chi connectivity index (χ1n) is 6.90. The molecule has 0 aliphatic rings. The molecule has 0 N–H and O–H groups in total. The number of hydrogen-bond donors (Lipinski definition) is 0. The van der Waals surface area contributed by atoms with Crippen LogP contribution in [0.25, 0.3) is 0 Å². The summed E-state index contributed by atoms with van der Waals surface area (Å²) in [7, 11) is 0. The molecule has 1 aromatic carbocycles. The lowest BCUT2D eigenvalue weighted by atomic mass is 10.0. The molecule has 21 heavy (non-hydrogen) atoms. The Morgan fingerprint density at radius 3 is 2.52 bits per heavy atom. The first kappa shape index (κ1) is 16.1. The molecule has 0 fully saturated rings. The van der Waals surface area contributed by atoms with Gasteiger partial charge in [-0.1, -0.05) is 30.1 Å². The van der Waals surface area contributed by atoms with Crippen molar-refractivity contribution in [1.82, 2.24) is 9.78 Å². The van der Waals surface area contributed by atoms with Crippen molar-refractivity contribution in [1.29, 1.82) is 0 Å². The van der Waals surface area contributed by atoms with Gasteiger partial charge in [0.15, 0.2) is 5.78 Å². The molecule has 0 amide bonds. The molecular weight excluding hydrogens is 307 g/mol. The van der Waals surface area contributed by atoms with Gasteiger partial charge in [0.2, 0.25) is 0 Å². The summed E-state index contributed by atoms with van der Waals surface area (Å²) in [6, 6.07) is 4.52. The van der Waals surface area contributed by atoms with Crippen LogP contribution >= 0.6 is 23.2 Å². The van der Waals surface area contributed by atoms with Gasteiger partial charge in [-0.2, -0.15) is 5.10 Å². The Morgan fingerprint density at radius 1 is 1.33 bits per heavy atom. The molecule has 1 atom stereocenters. The zero-order valence-electron chi connectivity index (χ0n) is 12.6. The van der Waals surface area contributed by atoms with Crippen molar-refractivity contribution in [3.05, 3.63) is 50.8 Å². The van der Waals surface area contributed by atoms with Crippen LogP contribution < -0.4 is 0 Å². The summed E-state index contributed by atoms with van der Waals surface area (Å²) in [4.78, 5) is 12.6. The van der Waals surface area contributed by atoms with Crippen LogP contribution in [0.15, 0.2) is 18.2 Å². The first-order chi connectivity index (χ1) is 9.86. The topological polar surface area (TPSA) is 34.9 Å². The average Bonchev–Trinajstić information content (AvgIpc) is 2.72. The maximum atomic E-state index is 12.6. The fourth-order valence-electron chi connectivity index (χ4n) is 2.61. The number of hydrogen-bond acceptors (Lipinski definition) is 2. The minimum Gasteiger partial charge on any atom is -0.292 e. The van der Waals surface area contributed by atoms with Gasteiger partial charge < -0.3 is 0 Å².